The van der Waals surface area contributed by atoms with Crippen molar-refractivity contribution in [1.29, 1.82) is 5.26 Å². The Morgan fingerprint density at radius 3 is 2.69 bits per heavy atom. The SMILES string of the molecule is CCC(=O)[C@@H](C#N)c1ccccc1[N+](=O)[O-]. The molecule has 1 aromatic carbocycles. The summed E-state index contributed by atoms with van der Waals surface area (Å²) in [5.41, 5.74) is -0.0160. The Bertz CT molecular complexity index is 463. The van der Waals surface area contributed by atoms with Crippen molar-refractivity contribution in [2.75, 3.05) is 0 Å². The van der Waals surface area contributed by atoms with Crippen LogP contribution in [0.15, 0.2) is 24.3 Å². The summed E-state index contributed by atoms with van der Waals surface area (Å²) in [6.07, 6.45) is 0.185. The van der Waals surface area contributed by atoms with Crippen LogP contribution in [0, 0.1) is 21.4 Å². The summed E-state index contributed by atoms with van der Waals surface area (Å²) in [6.45, 7) is 1.63. The van der Waals surface area contributed by atoms with Gasteiger partial charge in [-0.2, -0.15) is 5.26 Å². The molecule has 0 unspecified atom stereocenters. The van der Waals surface area contributed by atoms with Gasteiger partial charge in [0.2, 0.25) is 0 Å². The summed E-state index contributed by atoms with van der Waals surface area (Å²) in [5.74, 6) is -1.36. The Morgan fingerprint density at radius 2 is 2.19 bits per heavy atom. The zero-order valence-corrected chi connectivity index (χ0v) is 8.71. The molecule has 0 amide bonds. The molecule has 0 heterocycles. The number of nitrogens with zero attached hydrogens (tertiary/aromatic N) is 2. The van der Waals surface area contributed by atoms with Crippen LogP contribution in [0.3, 0.4) is 0 Å². The molecule has 5 nitrogen and oxygen atoms in total. The van der Waals surface area contributed by atoms with Crippen LogP contribution in [-0.4, -0.2) is 10.7 Å². The maximum Gasteiger partial charge on any atom is 0.274 e. The smallest absolute Gasteiger partial charge is 0.274 e. The van der Waals surface area contributed by atoms with Crippen molar-refractivity contribution in [3.05, 3.63) is 39.9 Å². The van der Waals surface area contributed by atoms with Crippen molar-refractivity contribution in [2.24, 2.45) is 0 Å². The number of nitriles is 1. The van der Waals surface area contributed by atoms with Gasteiger partial charge in [-0.05, 0) is 0 Å². The standard InChI is InChI=1S/C11H10N2O3/c1-2-11(14)9(7-12)8-5-3-4-6-10(8)13(15)16/h3-6,9H,2H2,1H3/t9-/m0/s1. The van der Waals surface area contributed by atoms with E-state index in [1.807, 2.05) is 6.07 Å². The fourth-order valence-electron chi connectivity index (χ4n) is 1.42. The van der Waals surface area contributed by atoms with Gasteiger partial charge in [0.1, 0.15) is 5.92 Å². The van der Waals surface area contributed by atoms with E-state index in [-0.39, 0.29) is 23.5 Å². The summed E-state index contributed by atoms with van der Waals surface area (Å²) >= 11 is 0. The van der Waals surface area contributed by atoms with E-state index in [9.17, 15) is 14.9 Å². The van der Waals surface area contributed by atoms with E-state index in [4.69, 9.17) is 5.26 Å². The van der Waals surface area contributed by atoms with Crippen LogP contribution in [0.5, 0.6) is 0 Å². The number of nitro groups is 1. The lowest BCUT2D eigenvalue weighted by molar-refractivity contribution is -0.385. The van der Waals surface area contributed by atoms with Gasteiger partial charge in [0.05, 0.1) is 16.6 Å². The zero-order chi connectivity index (χ0) is 12.1. The Hall–Kier alpha value is -2.22. The third-order valence-corrected chi connectivity index (χ3v) is 2.24. The molecule has 1 atom stereocenters. The average molecular weight is 218 g/mol. The molecule has 0 aliphatic heterocycles. The Balaban J connectivity index is 3.26. The summed E-state index contributed by atoms with van der Waals surface area (Å²) in [7, 11) is 0. The van der Waals surface area contributed by atoms with E-state index < -0.39 is 10.8 Å². The lowest BCUT2D eigenvalue weighted by Crippen LogP contribution is -2.11. The van der Waals surface area contributed by atoms with Gasteiger partial charge in [-0.1, -0.05) is 25.1 Å². The molecule has 0 bridgehead atoms. The number of hydrogen-bond donors (Lipinski definition) is 0. The van der Waals surface area contributed by atoms with E-state index in [1.54, 1.807) is 13.0 Å². The first-order valence-electron chi connectivity index (χ1n) is 4.77. The first-order chi connectivity index (χ1) is 7.61. The summed E-state index contributed by atoms with van der Waals surface area (Å²) in [6, 6.07) is 7.63. The first kappa shape index (κ1) is 11.9. The van der Waals surface area contributed by atoms with Crippen LogP contribution < -0.4 is 0 Å². The normalized spacial score (nSPS) is 11.5. The quantitative estimate of drug-likeness (QED) is 0.572. The van der Waals surface area contributed by atoms with Crippen molar-refractivity contribution in [2.45, 2.75) is 19.3 Å². The lowest BCUT2D eigenvalue weighted by atomic mass is 9.93. The molecule has 0 N–H and O–H groups in total. The summed E-state index contributed by atoms with van der Waals surface area (Å²) in [4.78, 5) is 21.6. The van der Waals surface area contributed by atoms with E-state index in [0.29, 0.717) is 0 Å². The van der Waals surface area contributed by atoms with Gasteiger partial charge < -0.3 is 0 Å². The van der Waals surface area contributed by atoms with E-state index in [2.05, 4.69) is 0 Å². The van der Waals surface area contributed by atoms with Crippen LogP contribution in [0.4, 0.5) is 5.69 Å². The first-order valence-corrected chi connectivity index (χ1v) is 4.77. The summed E-state index contributed by atoms with van der Waals surface area (Å²) in [5, 5.41) is 19.6. The lowest BCUT2D eigenvalue weighted by Gasteiger charge is -2.07. The predicted molar refractivity (Wildman–Crippen MR) is 56.7 cm³/mol. The molecule has 0 aliphatic carbocycles. The van der Waals surface area contributed by atoms with Crippen LogP contribution >= 0.6 is 0 Å². The van der Waals surface area contributed by atoms with Gasteiger partial charge in [0.25, 0.3) is 5.69 Å². The minimum absolute atomic E-state index is 0.168. The van der Waals surface area contributed by atoms with Crippen molar-refractivity contribution >= 4 is 11.5 Å². The number of Topliss-reactive ketones (excluding diaryl/α,β-unsaturated/α-hetero) is 1. The molecule has 0 aliphatic rings. The molecule has 16 heavy (non-hydrogen) atoms. The average Bonchev–Trinajstić information content (AvgIpc) is 2.30. The predicted octanol–water partition coefficient (Wildman–Crippen LogP) is 2.18. The number of rotatable bonds is 4. The van der Waals surface area contributed by atoms with Gasteiger partial charge in [-0.3, -0.25) is 14.9 Å². The van der Waals surface area contributed by atoms with Crippen molar-refractivity contribution in [1.82, 2.24) is 0 Å². The molecule has 1 aromatic rings. The molecule has 0 saturated carbocycles. The molecular weight excluding hydrogens is 208 g/mol. The molecule has 0 radical (unpaired) electrons. The second-order valence-electron chi connectivity index (χ2n) is 3.20. The molecule has 0 saturated heterocycles. The topological polar surface area (TPSA) is 84.0 Å². The number of benzene rings is 1. The van der Waals surface area contributed by atoms with Gasteiger partial charge in [0.15, 0.2) is 5.78 Å². The monoisotopic (exact) mass is 218 g/mol. The highest BCUT2D eigenvalue weighted by Gasteiger charge is 2.25. The molecule has 0 aromatic heterocycles. The number of ketones is 1. The fourth-order valence-corrected chi connectivity index (χ4v) is 1.42. The number of hydrogen-bond acceptors (Lipinski definition) is 4. The minimum atomic E-state index is -1.05. The molecule has 82 valence electrons. The molecule has 0 fully saturated rings. The highest BCUT2D eigenvalue weighted by atomic mass is 16.6. The number of carbonyl (C=O) groups excluding carboxylic acids is 1. The van der Waals surface area contributed by atoms with Crippen LogP contribution in [0.1, 0.15) is 24.8 Å². The van der Waals surface area contributed by atoms with Gasteiger partial charge in [-0.15, -0.1) is 0 Å². The second-order valence-corrected chi connectivity index (χ2v) is 3.20. The Kier molecular flexibility index (Phi) is 3.72. The maximum atomic E-state index is 11.5. The van der Waals surface area contributed by atoms with Crippen molar-refractivity contribution < 1.29 is 9.72 Å². The van der Waals surface area contributed by atoms with Crippen LogP contribution in [0.25, 0.3) is 0 Å². The molecule has 1 rings (SSSR count). The van der Waals surface area contributed by atoms with Crippen molar-refractivity contribution in [3.63, 3.8) is 0 Å². The van der Waals surface area contributed by atoms with E-state index in [0.717, 1.165) is 0 Å². The van der Waals surface area contributed by atoms with E-state index in [1.165, 1.54) is 18.2 Å². The Labute approximate surface area is 92.5 Å². The highest BCUT2D eigenvalue weighted by molar-refractivity contribution is 5.89. The van der Waals surface area contributed by atoms with Gasteiger partial charge in [-0.25, -0.2) is 0 Å². The maximum absolute atomic E-state index is 11.5. The van der Waals surface area contributed by atoms with Gasteiger partial charge >= 0.3 is 0 Å². The fraction of sp³-hybridized carbons (Fsp3) is 0.273. The van der Waals surface area contributed by atoms with Gasteiger partial charge in [0, 0.05) is 12.5 Å². The van der Waals surface area contributed by atoms with Crippen LogP contribution in [0.2, 0.25) is 0 Å². The molecule has 0 spiro atoms. The molecular formula is C11H10N2O3. The van der Waals surface area contributed by atoms with Crippen LogP contribution in [-0.2, 0) is 4.79 Å². The highest BCUT2D eigenvalue weighted by Crippen LogP contribution is 2.27. The number of nitro benzene ring substituents is 1. The number of carbonyl (C=O) groups is 1. The molecule has 5 heteroatoms. The number of para-hydroxylation sites is 1. The summed E-state index contributed by atoms with van der Waals surface area (Å²) < 4.78 is 0. The van der Waals surface area contributed by atoms with E-state index >= 15 is 0 Å². The second kappa shape index (κ2) is 5.03. The largest absolute Gasteiger partial charge is 0.298 e. The minimum Gasteiger partial charge on any atom is -0.298 e. The third-order valence-electron chi connectivity index (χ3n) is 2.24. The van der Waals surface area contributed by atoms with Crippen molar-refractivity contribution in [3.8, 4) is 6.07 Å². The third kappa shape index (κ3) is 2.23. The zero-order valence-electron chi connectivity index (χ0n) is 8.71. The Morgan fingerprint density at radius 1 is 1.56 bits per heavy atom.